The highest BCUT2D eigenvalue weighted by Gasteiger charge is 2.22. The van der Waals surface area contributed by atoms with Gasteiger partial charge in [-0.25, -0.2) is 4.98 Å². The van der Waals surface area contributed by atoms with Crippen LogP contribution in [0.2, 0.25) is 15.1 Å². The highest BCUT2D eigenvalue weighted by Crippen LogP contribution is 2.33. The van der Waals surface area contributed by atoms with Crippen LogP contribution in [0, 0.1) is 0 Å². The summed E-state index contributed by atoms with van der Waals surface area (Å²) in [7, 11) is 0. The van der Waals surface area contributed by atoms with E-state index in [1.54, 1.807) is 0 Å². The third-order valence-corrected chi connectivity index (χ3v) is 5.84. The molecule has 1 aliphatic rings. The molecule has 2 unspecified atom stereocenters. The van der Waals surface area contributed by atoms with Crippen LogP contribution in [-0.2, 0) is 16.1 Å². The Kier molecular flexibility index (Phi) is 7.42. The first-order chi connectivity index (χ1) is 13.3. The van der Waals surface area contributed by atoms with Crippen molar-refractivity contribution in [2.45, 2.75) is 32.6 Å². The second kappa shape index (κ2) is 9.61. The van der Waals surface area contributed by atoms with Crippen LogP contribution in [0.3, 0.4) is 0 Å². The quantitative estimate of drug-likeness (QED) is 0.626. The molecule has 152 valence electrons. The number of hydrogen-bond acceptors (Lipinski definition) is 6. The number of benzene rings is 1. The lowest BCUT2D eigenvalue weighted by Gasteiger charge is -2.34. The first-order valence-corrected chi connectivity index (χ1v) is 10.7. The van der Waals surface area contributed by atoms with Crippen molar-refractivity contribution in [3.05, 3.63) is 38.3 Å². The number of rotatable bonds is 6. The Hall–Kier alpha value is -1.09. The van der Waals surface area contributed by atoms with E-state index in [1.807, 2.05) is 5.38 Å². The molecule has 1 aromatic carbocycles. The van der Waals surface area contributed by atoms with Gasteiger partial charge in [-0.2, -0.15) is 0 Å². The van der Waals surface area contributed by atoms with Gasteiger partial charge < -0.3 is 9.47 Å². The highest BCUT2D eigenvalue weighted by molar-refractivity contribution is 7.13. The number of hydrogen-bond donors (Lipinski definition) is 1. The molecule has 2 aromatic rings. The zero-order valence-corrected chi connectivity index (χ0v) is 18.5. The normalized spacial score (nSPS) is 20.2. The van der Waals surface area contributed by atoms with Gasteiger partial charge in [0.25, 0.3) is 5.91 Å². The number of nitrogens with one attached hydrogen (secondary N) is 1. The Morgan fingerprint density at radius 3 is 2.64 bits per heavy atom. The molecule has 0 radical (unpaired) electrons. The Morgan fingerprint density at radius 2 is 1.93 bits per heavy atom. The fourth-order valence-corrected chi connectivity index (χ4v) is 4.30. The van der Waals surface area contributed by atoms with E-state index in [0.717, 1.165) is 25.3 Å². The number of morpholine rings is 1. The monoisotopic (exact) mass is 463 g/mol. The minimum absolute atomic E-state index is 0.201. The molecule has 0 spiro atoms. The van der Waals surface area contributed by atoms with Crippen molar-refractivity contribution in [3.63, 3.8) is 0 Å². The SMILES string of the molecule is CC1CN(Cc2csc(NC(=O)COc3cc(Cl)c(Cl)cc3Cl)n2)CC(C)O1. The molecule has 1 fully saturated rings. The number of anilines is 1. The molecular weight excluding hydrogens is 445 g/mol. The number of carbonyl (C=O) groups excluding carboxylic acids is 1. The molecule has 1 amide bonds. The number of nitrogens with zero attached hydrogens (tertiary/aromatic N) is 2. The van der Waals surface area contributed by atoms with Crippen molar-refractivity contribution in [2.75, 3.05) is 25.0 Å². The number of amides is 1. The van der Waals surface area contributed by atoms with Crippen LogP contribution in [0.15, 0.2) is 17.5 Å². The smallest absolute Gasteiger partial charge is 0.264 e. The summed E-state index contributed by atoms with van der Waals surface area (Å²) in [5, 5.41) is 6.11. The number of ether oxygens (including phenoxy) is 2. The summed E-state index contributed by atoms with van der Waals surface area (Å²) in [5.74, 6) is -0.0433. The van der Waals surface area contributed by atoms with Crippen molar-refractivity contribution in [1.29, 1.82) is 0 Å². The van der Waals surface area contributed by atoms with Crippen molar-refractivity contribution < 1.29 is 14.3 Å². The molecule has 10 heteroatoms. The summed E-state index contributed by atoms with van der Waals surface area (Å²) in [6, 6.07) is 2.95. The predicted octanol–water partition coefficient (Wildman–Crippen LogP) is 4.73. The van der Waals surface area contributed by atoms with E-state index in [0.29, 0.717) is 20.9 Å². The minimum Gasteiger partial charge on any atom is -0.482 e. The molecule has 1 aliphatic heterocycles. The molecule has 1 aromatic heterocycles. The molecule has 3 rings (SSSR count). The molecule has 0 saturated carbocycles. The van der Waals surface area contributed by atoms with Crippen LogP contribution in [0.4, 0.5) is 5.13 Å². The van der Waals surface area contributed by atoms with Crippen molar-refractivity contribution in [2.24, 2.45) is 0 Å². The Labute approximate surface area is 182 Å². The van der Waals surface area contributed by atoms with E-state index in [9.17, 15) is 4.79 Å². The van der Waals surface area contributed by atoms with E-state index in [1.165, 1.54) is 23.5 Å². The molecule has 0 aliphatic carbocycles. The van der Waals surface area contributed by atoms with Crippen LogP contribution in [-0.4, -0.2) is 47.7 Å². The molecular formula is C18H20Cl3N3O3S. The number of carbonyl (C=O) groups is 1. The zero-order valence-electron chi connectivity index (χ0n) is 15.4. The lowest BCUT2D eigenvalue weighted by Crippen LogP contribution is -2.44. The summed E-state index contributed by atoms with van der Waals surface area (Å²) < 4.78 is 11.2. The second-order valence-electron chi connectivity index (χ2n) is 6.63. The van der Waals surface area contributed by atoms with E-state index in [4.69, 9.17) is 44.3 Å². The Bertz CT molecular complexity index is 839. The maximum absolute atomic E-state index is 12.1. The van der Waals surface area contributed by atoms with Crippen LogP contribution < -0.4 is 10.1 Å². The van der Waals surface area contributed by atoms with Gasteiger partial charge in [0, 0.05) is 31.1 Å². The molecule has 0 bridgehead atoms. The summed E-state index contributed by atoms with van der Waals surface area (Å²) in [5.41, 5.74) is 0.912. The van der Waals surface area contributed by atoms with Crippen molar-refractivity contribution in [3.8, 4) is 5.75 Å². The third-order valence-electron chi connectivity index (χ3n) is 4.01. The lowest BCUT2D eigenvalue weighted by molar-refractivity contribution is -0.118. The van der Waals surface area contributed by atoms with Gasteiger partial charge in [-0.3, -0.25) is 15.0 Å². The topological polar surface area (TPSA) is 63.7 Å². The first-order valence-electron chi connectivity index (χ1n) is 8.69. The van der Waals surface area contributed by atoms with Gasteiger partial charge >= 0.3 is 0 Å². The Balaban J connectivity index is 1.51. The molecule has 1 N–H and O–H groups in total. The van der Waals surface area contributed by atoms with Crippen LogP contribution in [0.1, 0.15) is 19.5 Å². The van der Waals surface area contributed by atoms with E-state index < -0.39 is 0 Å². The number of thiazole rings is 1. The predicted molar refractivity (Wildman–Crippen MR) is 113 cm³/mol. The van der Waals surface area contributed by atoms with Gasteiger partial charge in [0.2, 0.25) is 0 Å². The zero-order chi connectivity index (χ0) is 20.3. The van der Waals surface area contributed by atoms with Gasteiger partial charge in [-0.1, -0.05) is 34.8 Å². The highest BCUT2D eigenvalue weighted by atomic mass is 35.5. The number of halogens is 3. The Morgan fingerprint density at radius 1 is 1.25 bits per heavy atom. The van der Waals surface area contributed by atoms with Gasteiger partial charge in [0.05, 0.1) is 33.0 Å². The summed E-state index contributed by atoms with van der Waals surface area (Å²) in [4.78, 5) is 18.9. The molecule has 2 atom stereocenters. The maximum Gasteiger partial charge on any atom is 0.264 e. The van der Waals surface area contributed by atoms with E-state index >= 15 is 0 Å². The molecule has 2 heterocycles. The van der Waals surface area contributed by atoms with Gasteiger partial charge in [-0.05, 0) is 19.9 Å². The van der Waals surface area contributed by atoms with Gasteiger partial charge in [-0.15, -0.1) is 11.3 Å². The average molecular weight is 465 g/mol. The van der Waals surface area contributed by atoms with Crippen molar-refractivity contribution >= 4 is 57.2 Å². The lowest BCUT2D eigenvalue weighted by atomic mass is 10.2. The number of aromatic nitrogens is 1. The summed E-state index contributed by atoms with van der Waals surface area (Å²) in [6.07, 6.45) is 0.402. The first kappa shape index (κ1) is 21.6. The second-order valence-corrected chi connectivity index (χ2v) is 8.71. The van der Waals surface area contributed by atoms with E-state index in [-0.39, 0.29) is 29.7 Å². The largest absolute Gasteiger partial charge is 0.482 e. The van der Waals surface area contributed by atoms with Gasteiger partial charge in [0.15, 0.2) is 11.7 Å². The fourth-order valence-electron chi connectivity index (χ4n) is 2.99. The third kappa shape index (κ3) is 5.95. The van der Waals surface area contributed by atoms with Crippen LogP contribution in [0.25, 0.3) is 0 Å². The standard InChI is InChI=1S/C18H20Cl3N3O3S/c1-10-5-24(6-11(2)27-10)7-12-9-28-18(22-12)23-17(25)8-26-16-4-14(20)13(19)3-15(16)21/h3-4,9-11H,5-8H2,1-2H3,(H,22,23,25). The maximum atomic E-state index is 12.1. The van der Waals surface area contributed by atoms with Crippen LogP contribution in [0.5, 0.6) is 5.75 Å². The minimum atomic E-state index is -0.336. The fraction of sp³-hybridized carbons (Fsp3) is 0.444. The molecule has 1 saturated heterocycles. The molecule has 28 heavy (non-hydrogen) atoms. The van der Waals surface area contributed by atoms with Crippen molar-refractivity contribution in [1.82, 2.24) is 9.88 Å². The van der Waals surface area contributed by atoms with Crippen LogP contribution >= 0.6 is 46.1 Å². The summed E-state index contributed by atoms with van der Waals surface area (Å²) in [6.45, 7) is 6.36. The average Bonchev–Trinajstić information content (AvgIpc) is 3.02. The molecule has 6 nitrogen and oxygen atoms in total. The van der Waals surface area contributed by atoms with E-state index in [2.05, 4.69) is 29.0 Å². The van der Waals surface area contributed by atoms with Gasteiger partial charge in [0.1, 0.15) is 5.75 Å². The summed E-state index contributed by atoms with van der Waals surface area (Å²) >= 11 is 19.2.